The molecule has 0 saturated heterocycles. The number of hydrogen-bond donors (Lipinski definition) is 1. The number of carboxylic acid groups (broad SMARTS) is 1. The molecule has 1 aromatic heterocycles. The van der Waals surface area contributed by atoms with Crippen LogP contribution in [-0.4, -0.2) is 29.7 Å². The first-order chi connectivity index (χ1) is 8.07. The van der Waals surface area contributed by atoms with E-state index in [0.717, 1.165) is 31.4 Å². The first-order valence-corrected chi connectivity index (χ1v) is 5.98. The molecule has 4 heteroatoms. The lowest BCUT2D eigenvalue weighted by atomic mass is 10.1. The van der Waals surface area contributed by atoms with Crippen molar-refractivity contribution in [3.8, 4) is 0 Å². The Labute approximate surface area is 102 Å². The van der Waals surface area contributed by atoms with Crippen LogP contribution in [0.1, 0.15) is 42.1 Å². The van der Waals surface area contributed by atoms with Gasteiger partial charge in [0.1, 0.15) is 11.4 Å². The van der Waals surface area contributed by atoms with Crippen LogP contribution in [0.15, 0.2) is 12.3 Å². The topological polar surface area (TPSA) is 53.4 Å². The highest BCUT2D eigenvalue weighted by molar-refractivity contribution is 5.94. The molecule has 17 heavy (non-hydrogen) atoms. The van der Waals surface area contributed by atoms with E-state index in [0.29, 0.717) is 11.4 Å². The molecule has 1 heterocycles. The number of pyridine rings is 1. The van der Waals surface area contributed by atoms with Crippen molar-refractivity contribution in [1.29, 1.82) is 0 Å². The molecule has 0 atom stereocenters. The number of nitrogens with zero attached hydrogens (tertiary/aromatic N) is 2. The molecule has 0 aliphatic rings. The van der Waals surface area contributed by atoms with Crippen molar-refractivity contribution in [3.63, 3.8) is 0 Å². The van der Waals surface area contributed by atoms with Gasteiger partial charge in [-0.1, -0.05) is 19.8 Å². The van der Waals surface area contributed by atoms with E-state index in [4.69, 9.17) is 0 Å². The van der Waals surface area contributed by atoms with Gasteiger partial charge >= 0.3 is 5.97 Å². The number of aromatic nitrogens is 1. The monoisotopic (exact) mass is 236 g/mol. The number of carbonyl (C=O) groups is 1. The van der Waals surface area contributed by atoms with E-state index < -0.39 is 5.97 Å². The van der Waals surface area contributed by atoms with Crippen molar-refractivity contribution in [3.05, 3.63) is 23.4 Å². The fourth-order valence-corrected chi connectivity index (χ4v) is 1.80. The van der Waals surface area contributed by atoms with Crippen LogP contribution in [0.2, 0.25) is 0 Å². The van der Waals surface area contributed by atoms with Crippen molar-refractivity contribution in [2.24, 2.45) is 0 Å². The summed E-state index contributed by atoms with van der Waals surface area (Å²) in [5.41, 5.74) is 1.07. The quantitative estimate of drug-likeness (QED) is 0.772. The van der Waals surface area contributed by atoms with Crippen LogP contribution in [0, 0.1) is 6.92 Å². The third-order valence-corrected chi connectivity index (χ3v) is 2.81. The second kappa shape index (κ2) is 6.23. The van der Waals surface area contributed by atoms with Gasteiger partial charge in [0.2, 0.25) is 0 Å². The summed E-state index contributed by atoms with van der Waals surface area (Å²) >= 11 is 0. The molecule has 0 aliphatic carbocycles. The highest BCUT2D eigenvalue weighted by Gasteiger charge is 2.16. The number of aromatic carboxylic acids is 1. The molecule has 1 N–H and O–H groups in total. The fourth-order valence-electron chi connectivity index (χ4n) is 1.80. The minimum absolute atomic E-state index is 0.312. The minimum Gasteiger partial charge on any atom is -0.478 e. The number of rotatable bonds is 6. The first kappa shape index (κ1) is 13.5. The lowest BCUT2D eigenvalue weighted by molar-refractivity contribution is 0.0696. The third-order valence-electron chi connectivity index (χ3n) is 2.81. The summed E-state index contributed by atoms with van der Waals surface area (Å²) in [6, 6.07) is 1.73. The summed E-state index contributed by atoms with van der Waals surface area (Å²) in [5.74, 6) is -0.346. The summed E-state index contributed by atoms with van der Waals surface area (Å²) < 4.78 is 0. The number of unbranched alkanes of at least 4 members (excludes halogenated alkanes) is 2. The molecule has 0 spiro atoms. The molecule has 0 aromatic carbocycles. The number of anilines is 1. The average molecular weight is 236 g/mol. The molecule has 94 valence electrons. The largest absolute Gasteiger partial charge is 0.478 e. The van der Waals surface area contributed by atoms with Crippen LogP contribution in [-0.2, 0) is 0 Å². The van der Waals surface area contributed by atoms with Crippen LogP contribution in [0.25, 0.3) is 0 Å². The Hall–Kier alpha value is -1.58. The lowest BCUT2D eigenvalue weighted by Gasteiger charge is -2.20. The Morgan fingerprint density at radius 3 is 2.76 bits per heavy atom. The zero-order valence-electron chi connectivity index (χ0n) is 10.7. The SMILES string of the molecule is CCCCCN(C)c1nccc(C)c1C(=O)O. The van der Waals surface area contributed by atoms with E-state index in [2.05, 4.69) is 11.9 Å². The summed E-state index contributed by atoms with van der Waals surface area (Å²) in [5, 5.41) is 9.20. The van der Waals surface area contributed by atoms with Gasteiger partial charge in [0.15, 0.2) is 0 Å². The minimum atomic E-state index is -0.909. The molecule has 4 nitrogen and oxygen atoms in total. The second-order valence-corrected chi connectivity index (χ2v) is 4.26. The predicted octanol–water partition coefficient (Wildman–Crippen LogP) is 2.71. The molecule has 1 rings (SSSR count). The normalized spacial score (nSPS) is 10.3. The molecule has 0 amide bonds. The maximum Gasteiger partial charge on any atom is 0.339 e. The summed E-state index contributed by atoms with van der Waals surface area (Å²) in [4.78, 5) is 17.3. The van der Waals surface area contributed by atoms with Gasteiger partial charge in [-0.3, -0.25) is 0 Å². The van der Waals surface area contributed by atoms with Crippen molar-refractivity contribution >= 4 is 11.8 Å². The van der Waals surface area contributed by atoms with Gasteiger partial charge in [0, 0.05) is 19.8 Å². The van der Waals surface area contributed by atoms with Crippen LogP contribution in [0.3, 0.4) is 0 Å². The number of hydrogen-bond acceptors (Lipinski definition) is 3. The van der Waals surface area contributed by atoms with Crippen LogP contribution in [0.4, 0.5) is 5.82 Å². The molecule has 0 saturated carbocycles. The number of aryl methyl sites for hydroxylation is 1. The molecule has 0 unspecified atom stereocenters. The Balaban J connectivity index is 2.89. The van der Waals surface area contributed by atoms with Crippen LogP contribution in [0.5, 0.6) is 0 Å². The molecule has 0 radical (unpaired) electrons. The zero-order chi connectivity index (χ0) is 12.8. The van der Waals surface area contributed by atoms with E-state index in [1.807, 2.05) is 11.9 Å². The van der Waals surface area contributed by atoms with Gasteiger partial charge in [-0.25, -0.2) is 9.78 Å². The van der Waals surface area contributed by atoms with Gasteiger partial charge in [-0.15, -0.1) is 0 Å². The van der Waals surface area contributed by atoms with Crippen molar-refractivity contribution in [2.45, 2.75) is 33.1 Å². The molecule has 0 fully saturated rings. The Bertz CT molecular complexity index is 391. The van der Waals surface area contributed by atoms with E-state index in [1.54, 1.807) is 19.2 Å². The molecule has 1 aromatic rings. The summed E-state index contributed by atoms with van der Waals surface area (Å²) in [6.07, 6.45) is 5.02. The van der Waals surface area contributed by atoms with Gasteiger partial charge in [0.25, 0.3) is 0 Å². The average Bonchev–Trinajstić information content (AvgIpc) is 2.28. The summed E-state index contributed by atoms with van der Waals surface area (Å²) in [7, 11) is 1.89. The van der Waals surface area contributed by atoms with Crippen molar-refractivity contribution < 1.29 is 9.90 Å². The molecular formula is C13H20N2O2. The predicted molar refractivity (Wildman–Crippen MR) is 68.7 cm³/mol. The van der Waals surface area contributed by atoms with E-state index in [-0.39, 0.29) is 0 Å². The van der Waals surface area contributed by atoms with E-state index in [1.165, 1.54) is 0 Å². The Morgan fingerprint density at radius 2 is 2.18 bits per heavy atom. The second-order valence-electron chi connectivity index (χ2n) is 4.26. The number of carboxylic acids is 1. The summed E-state index contributed by atoms with van der Waals surface area (Å²) in [6.45, 7) is 4.78. The van der Waals surface area contributed by atoms with E-state index in [9.17, 15) is 9.90 Å². The highest BCUT2D eigenvalue weighted by Crippen LogP contribution is 2.20. The fraction of sp³-hybridized carbons (Fsp3) is 0.538. The zero-order valence-corrected chi connectivity index (χ0v) is 10.7. The maximum absolute atomic E-state index is 11.2. The van der Waals surface area contributed by atoms with Crippen molar-refractivity contribution in [2.75, 3.05) is 18.5 Å². The van der Waals surface area contributed by atoms with Gasteiger partial charge < -0.3 is 10.0 Å². The van der Waals surface area contributed by atoms with Crippen LogP contribution < -0.4 is 4.90 Å². The molecule has 0 bridgehead atoms. The van der Waals surface area contributed by atoms with Gasteiger partial charge in [-0.2, -0.15) is 0 Å². The lowest BCUT2D eigenvalue weighted by Crippen LogP contribution is -2.23. The van der Waals surface area contributed by atoms with Crippen LogP contribution >= 0.6 is 0 Å². The molecular weight excluding hydrogens is 216 g/mol. The smallest absolute Gasteiger partial charge is 0.339 e. The van der Waals surface area contributed by atoms with Gasteiger partial charge in [-0.05, 0) is 25.0 Å². The third kappa shape index (κ3) is 3.44. The molecule has 0 aliphatic heterocycles. The standard InChI is InChI=1S/C13H20N2O2/c1-4-5-6-9-15(3)12-11(13(16)17)10(2)7-8-14-12/h7-8H,4-6,9H2,1-3H3,(H,16,17). The van der Waals surface area contributed by atoms with Crippen molar-refractivity contribution in [1.82, 2.24) is 4.98 Å². The Kier molecular flexibility index (Phi) is 4.94. The maximum atomic E-state index is 11.2. The Morgan fingerprint density at radius 1 is 1.47 bits per heavy atom. The van der Waals surface area contributed by atoms with Gasteiger partial charge in [0.05, 0.1) is 0 Å². The first-order valence-electron chi connectivity index (χ1n) is 5.98. The highest BCUT2D eigenvalue weighted by atomic mass is 16.4. The van der Waals surface area contributed by atoms with E-state index >= 15 is 0 Å².